The van der Waals surface area contributed by atoms with Crippen molar-refractivity contribution < 1.29 is 0 Å². The van der Waals surface area contributed by atoms with E-state index in [9.17, 15) is 0 Å². The zero-order chi connectivity index (χ0) is 12.5. The van der Waals surface area contributed by atoms with Crippen LogP contribution in [0.3, 0.4) is 0 Å². The second kappa shape index (κ2) is 7.99. The molecule has 1 heteroatoms. The molecular weight excluding hydrogens is 236 g/mol. The van der Waals surface area contributed by atoms with Crippen molar-refractivity contribution in [2.24, 2.45) is 0 Å². The monoisotopic (exact) mass is 256 g/mol. The van der Waals surface area contributed by atoms with Crippen molar-refractivity contribution in [1.29, 1.82) is 0 Å². The molecule has 2 aromatic rings. The maximum atomic E-state index is 2.22. The second-order valence-electron chi connectivity index (χ2n) is 4.48. The molecule has 2 rings (SSSR count). The third-order valence-electron chi connectivity index (χ3n) is 2.96. The van der Waals surface area contributed by atoms with E-state index in [-0.39, 0.29) is 0 Å². The highest BCUT2D eigenvalue weighted by Crippen LogP contribution is 2.14. The van der Waals surface area contributed by atoms with E-state index in [0.717, 1.165) is 5.75 Å². The summed E-state index contributed by atoms with van der Waals surface area (Å²) in [5.74, 6) is 2.41. The van der Waals surface area contributed by atoms with Gasteiger partial charge in [0, 0.05) is 5.75 Å². The molecule has 2 aromatic carbocycles. The van der Waals surface area contributed by atoms with Crippen LogP contribution in [-0.4, -0.2) is 5.75 Å². The molecule has 0 atom stereocenters. The number of thioether (sulfide) groups is 1. The molecule has 0 aliphatic carbocycles. The van der Waals surface area contributed by atoms with Crippen molar-refractivity contribution in [3.63, 3.8) is 0 Å². The zero-order valence-corrected chi connectivity index (χ0v) is 11.5. The first-order chi connectivity index (χ1) is 8.95. The standard InChI is InChI=1S/C17H20S/c1-3-9-16(10-4-1)11-7-8-14-18-15-17-12-5-2-6-13-17/h1-6,9-10,12-13H,7-8,11,14-15H2. The molecule has 0 radical (unpaired) electrons. The maximum Gasteiger partial charge on any atom is 0.0184 e. The molecule has 0 aliphatic rings. The van der Waals surface area contributed by atoms with E-state index in [2.05, 4.69) is 60.7 Å². The Morgan fingerprint density at radius 2 is 1.28 bits per heavy atom. The lowest BCUT2D eigenvalue weighted by Gasteiger charge is -2.03. The molecule has 94 valence electrons. The second-order valence-corrected chi connectivity index (χ2v) is 5.59. The third-order valence-corrected chi connectivity index (χ3v) is 4.07. The summed E-state index contributed by atoms with van der Waals surface area (Å²) in [5.41, 5.74) is 2.90. The molecule has 0 amide bonds. The molecule has 0 N–H and O–H groups in total. The van der Waals surface area contributed by atoms with Gasteiger partial charge in [-0.05, 0) is 36.1 Å². The van der Waals surface area contributed by atoms with Crippen LogP contribution >= 0.6 is 11.8 Å². The third kappa shape index (κ3) is 4.97. The van der Waals surface area contributed by atoms with Gasteiger partial charge in [-0.3, -0.25) is 0 Å². The quantitative estimate of drug-likeness (QED) is 0.632. The topological polar surface area (TPSA) is 0 Å². The van der Waals surface area contributed by atoms with Crippen molar-refractivity contribution in [2.75, 3.05) is 5.75 Å². The van der Waals surface area contributed by atoms with Crippen LogP contribution in [0.2, 0.25) is 0 Å². The van der Waals surface area contributed by atoms with Gasteiger partial charge in [0.2, 0.25) is 0 Å². The number of hydrogen-bond acceptors (Lipinski definition) is 1. The minimum atomic E-state index is 1.15. The normalized spacial score (nSPS) is 10.4. The number of benzene rings is 2. The molecule has 0 spiro atoms. The highest BCUT2D eigenvalue weighted by molar-refractivity contribution is 7.98. The van der Waals surface area contributed by atoms with Gasteiger partial charge in [0.25, 0.3) is 0 Å². The minimum Gasteiger partial charge on any atom is -0.157 e. The van der Waals surface area contributed by atoms with E-state index < -0.39 is 0 Å². The SMILES string of the molecule is c1ccc(CCCCSCc2ccccc2)cc1. The Kier molecular flexibility index (Phi) is 5.87. The summed E-state index contributed by atoms with van der Waals surface area (Å²) in [5, 5.41) is 0. The summed E-state index contributed by atoms with van der Waals surface area (Å²) >= 11 is 2.04. The lowest BCUT2D eigenvalue weighted by Crippen LogP contribution is -1.88. The molecule has 0 bridgehead atoms. The highest BCUT2D eigenvalue weighted by atomic mass is 32.2. The van der Waals surface area contributed by atoms with E-state index >= 15 is 0 Å². The van der Waals surface area contributed by atoms with Gasteiger partial charge in [-0.1, -0.05) is 60.7 Å². The van der Waals surface area contributed by atoms with Crippen LogP contribution in [0.15, 0.2) is 60.7 Å². The average molecular weight is 256 g/mol. The molecule has 0 aromatic heterocycles. The average Bonchev–Trinajstić information content (AvgIpc) is 2.45. The van der Waals surface area contributed by atoms with E-state index in [1.165, 1.54) is 36.1 Å². The van der Waals surface area contributed by atoms with Crippen LogP contribution < -0.4 is 0 Å². The van der Waals surface area contributed by atoms with Gasteiger partial charge < -0.3 is 0 Å². The van der Waals surface area contributed by atoms with E-state index in [0.29, 0.717) is 0 Å². The number of aryl methyl sites for hydroxylation is 1. The molecule has 0 fully saturated rings. The fourth-order valence-electron chi connectivity index (χ4n) is 1.94. The van der Waals surface area contributed by atoms with Gasteiger partial charge in [0.15, 0.2) is 0 Å². The Morgan fingerprint density at radius 3 is 1.94 bits per heavy atom. The molecule has 0 saturated carbocycles. The Morgan fingerprint density at radius 1 is 0.667 bits per heavy atom. The van der Waals surface area contributed by atoms with Crippen LogP contribution in [0.25, 0.3) is 0 Å². The van der Waals surface area contributed by atoms with Crippen molar-refractivity contribution in [2.45, 2.75) is 25.0 Å². The molecule has 0 saturated heterocycles. The predicted octanol–water partition coefficient (Wildman–Crippen LogP) is 4.94. The molecule has 18 heavy (non-hydrogen) atoms. The van der Waals surface area contributed by atoms with Crippen molar-refractivity contribution in [3.8, 4) is 0 Å². The maximum absolute atomic E-state index is 2.22. The smallest absolute Gasteiger partial charge is 0.0184 e. The zero-order valence-electron chi connectivity index (χ0n) is 10.7. The fourth-order valence-corrected chi connectivity index (χ4v) is 2.92. The Labute approximate surface area is 114 Å². The van der Waals surface area contributed by atoms with Gasteiger partial charge in [0.05, 0.1) is 0 Å². The fraction of sp³-hybridized carbons (Fsp3) is 0.294. The number of rotatable bonds is 7. The molecular formula is C17H20S. The summed E-state index contributed by atoms with van der Waals surface area (Å²) in [7, 11) is 0. The van der Waals surface area contributed by atoms with Crippen LogP contribution in [0.4, 0.5) is 0 Å². The van der Waals surface area contributed by atoms with E-state index in [1.807, 2.05) is 11.8 Å². The first-order valence-electron chi connectivity index (χ1n) is 6.61. The Bertz CT molecular complexity index is 378. The first kappa shape index (κ1) is 13.2. The van der Waals surface area contributed by atoms with Gasteiger partial charge >= 0.3 is 0 Å². The molecule has 0 aliphatic heterocycles. The van der Waals surface area contributed by atoms with Gasteiger partial charge in [-0.2, -0.15) is 11.8 Å². The summed E-state index contributed by atoms with van der Waals surface area (Å²) in [6, 6.07) is 21.5. The van der Waals surface area contributed by atoms with Crippen LogP contribution in [-0.2, 0) is 12.2 Å². The van der Waals surface area contributed by atoms with Crippen LogP contribution in [0.5, 0.6) is 0 Å². The Balaban J connectivity index is 1.54. The summed E-state index contributed by atoms with van der Waals surface area (Å²) in [4.78, 5) is 0. The highest BCUT2D eigenvalue weighted by Gasteiger charge is 1.94. The molecule has 0 unspecified atom stereocenters. The van der Waals surface area contributed by atoms with Crippen molar-refractivity contribution >= 4 is 11.8 Å². The van der Waals surface area contributed by atoms with Crippen LogP contribution in [0, 0.1) is 0 Å². The lowest BCUT2D eigenvalue weighted by atomic mass is 10.1. The number of hydrogen-bond donors (Lipinski definition) is 0. The van der Waals surface area contributed by atoms with E-state index in [1.54, 1.807) is 0 Å². The lowest BCUT2D eigenvalue weighted by molar-refractivity contribution is 0.802. The van der Waals surface area contributed by atoms with Gasteiger partial charge in [-0.25, -0.2) is 0 Å². The largest absolute Gasteiger partial charge is 0.157 e. The summed E-state index contributed by atoms with van der Waals surface area (Å²) in [6.45, 7) is 0. The van der Waals surface area contributed by atoms with Gasteiger partial charge in [0.1, 0.15) is 0 Å². The van der Waals surface area contributed by atoms with E-state index in [4.69, 9.17) is 0 Å². The first-order valence-corrected chi connectivity index (χ1v) is 7.76. The summed E-state index contributed by atoms with van der Waals surface area (Å²) in [6.07, 6.45) is 3.82. The van der Waals surface area contributed by atoms with Crippen molar-refractivity contribution in [3.05, 3.63) is 71.8 Å². The number of unbranched alkanes of at least 4 members (excludes halogenated alkanes) is 1. The predicted molar refractivity (Wildman–Crippen MR) is 82.0 cm³/mol. The summed E-state index contributed by atoms with van der Waals surface area (Å²) < 4.78 is 0. The molecule has 0 nitrogen and oxygen atoms in total. The van der Waals surface area contributed by atoms with Crippen molar-refractivity contribution in [1.82, 2.24) is 0 Å². The van der Waals surface area contributed by atoms with Crippen LogP contribution in [0.1, 0.15) is 24.0 Å². The molecule has 0 heterocycles. The van der Waals surface area contributed by atoms with Gasteiger partial charge in [-0.15, -0.1) is 0 Å². The minimum absolute atomic E-state index is 1.15. The Hall–Kier alpha value is -1.21.